The maximum Gasteiger partial charge on any atom is 0.411 e. The van der Waals surface area contributed by atoms with E-state index >= 15 is 0 Å². The Morgan fingerprint density at radius 1 is 0.642 bits per heavy atom. The van der Waals surface area contributed by atoms with E-state index in [1.807, 2.05) is 84.9 Å². The van der Waals surface area contributed by atoms with Crippen molar-refractivity contribution >= 4 is 87.1 Å². The molecule has 9 N–H and O–H groups in total. The molecule has 4 aromatic carbocycles. The van der Waals surface area contributed by atoms with E-state index in [1.54, 1.807) is 25.7 Å². The van der Waals surface area contributed by atoms with Gasteiger partial charge in [0.1, 0.15) is 47.7 Å². The lowest BCUT2D eigenvalue weighted by Crippen LogP contribution is -2.61. The highest BCUT2D eigenvalue weighted by Gasteiger charge is 2.46. The monoisotopic (exact) mass is 1450 g/mol. The van der Waals surface area contributed by atoms with Crippen molar-refractivity contribution in [3.63, 3.8) is 0 Å². The molecule has 5 aliphatic rings. The predicted octanol–water partition coefficient (Wildman–Crippen LogP) is 7.68. The van der Waals surface area contributed by atoms with Crippen LogP contribution in [0.1, 0.15) is 177 Å². The minimum Gasteiger partial charge on any atom is -0.464 e. The summed E-state index contributed by atoms with van der Waals surface area (Å²) in [5.41, 5.74) is 14.2. The van der Waals surface area contributed by atoms with Crippen molar-refractivity contribution in [3.8, 4) is 11.1 Å². The number of likely N-dealkylation sites (tertiary alicyclic amines) is 2. The van der Waals surface area contributed by atoms with Gasteiger partial charge in [-0.25, -0.2) is 14.8 Å². The van der Waals surface area contributed by atoms with Gasteiger partial charge in [-0.15, -0.1) is 0 Å². The molecule has 9 amide bonds. The highest BCUT2D eigenvalue weighted by atomic mass is 16.6. The average Bonchev–Trinajstić information content (AvgIpc) is 1.59. The largest absolute Gasteiger partial charge is 0.464 e. The molecular weight excluding hydrogens is 1350 g/mol. The highest BCUT2D eigenvalue weighted by Crippen LogP contribution is 2.45. The molecule has 5 heterocycles. The first-order valence-electron chi connectivity index (χ1n) is 37.9. The molecule has 8 atom stereocenters. The lowest BCUT2D eigenvalue weighted by atomic mass is 9.94. The van der Waals surface area contributed by atoms with Gasteiger partial charge in [-0.1, -0.05) is 104 Å². The number of amides is 9. The van der Waals surface area contributed by atoms with E-state index in [9.17, 15) is 47.9 Å². The number of methoxy groups -OCH3 is 1. The third kappa shape index (κ3) is 19.4. The molecule has 11 rings (SSSR count). The van der Waals surface area contributed by atoms with Crippen LogP contribution in [0.2, 0.25) is 0 Å². The van der Waals surface area contributed by atoms with Gasteiger partial charge in [0.05, 0.1) is 35.9 Å². The number of aromatic nitrogens is 3. The smallest absolute Gasteiger partial charge is 0.411 e. The number of benzene rings is 4. The number of esters is 1. The van der Waals surface area contributed by atoms with Gasteiger partial charge < -0.3 is 66.6 Å². The number of pyridine rings is 1. The minimum atomic E-state index is -0.925. The number of aryl methyl sites for hydroxylation is 1. The third-order valence-corrected chi connectivity index (χ3v) is 20.9. The fraction of sp³-hybridized carbons (Fsp3) is 0.525. The van der Waals surface area contributed by atoms with Crippen LogP contribution in [0.25, 0.3) is 33.1 Å². The van der Waals surface area contributed by atoms with Gasteiger partial charge in [0.2, 0.25) is 47.3 Å². The second kappa shape index (κ2) is 35.9. The van der Waals surface area contributed by atoms with Gasteiger partial charge in [-0.05, 0) is 150 Å². The normalized spacial score (nSPS) is 20.5. The van der Waals surface area contributed by atoms with Crippen molar-refractivity contribution in [1.29, 1.82) is 0 Å². The highest BCUT2D eigenvalue weighted by molar-refractivity contribution is 6.06. The molecule has 0 radical (unpaired) electrons. The Kier molecular flexibility index (Phi) is 26.1. The molecule has 2 aliphatic carbocycles. The summed E-state index contributed by atoms with van der Waals surface area (Å²) in [6.45, 7) is 9.68. The molecule has 0 bridgehead atoms. The zero-order valence-electron chi connectivity index (χ0n) is 61.6. The first kappa shape index (κ1) is 77.1. The number of hydrogen-bond donors (Lipinski definition) is 8. The van der Waals surface area contributed by atoms with Crippen LogP contribution in [0.15, 0.2) is 97.1 Å². The fourth-order valence-corrected chi connectivity index (χ4v) is 15.5. The van der Waals surface area contributed by atoms with E-state index in [-0.39, 0.29) is 118 Å². The minimum absolute atomic E-state index is 0.0495. The van der Waals surface area contributed by atoms with E-state index < -0.39 is 65.8 Å². The molecule has 106 heavy (non-hydrogen) atoms. The van der Waals surface area contributed by atoms with Crippen LogP contribution >= 0.6 is 0 Å². The molecule has 26 nitrogen and oxygen atoms in total. The SMILES string of the molecule is CCCCc1nc2c(N)nc3ccccc3c2n1Cc1ccc(CNC(=O)[C@@H]2C[C@@H](NC(=O)CCCCC(=O)N[C@@H]3CC(C(=O)OCC4c5ccccc5-c5ccccc54)[C@@H](C(=O)NCCCCC4NC(=O)C(CCCCNC(=O)[C@H]5CCCN5C(=O)CCOC)NC4=O)C3)CN2C(=O)OC(C)(C)C)cc1. The summed E-state index contributed by atoms with van der Waals surface area (Å²) in [7, 11) is 1.53. The lowest BCUT2D eigenvalue weighted by molar-refractivity contribution is -0.152. The summed E-state index contributed by atoms with van der Waals surface area (Å²) in [5, 5.41) is 21.7. The summed E-state index contributed by atoms with van der Waals surface area (Å²) < 4.78 is 19.1. The number of hydrogen-bond acceptors (Lipinski definition) is 16. The van der Waals surface area contributed by atoms with Gasteiger partial charge >= 0.3 is 12.1 Å². The zero-order chi connectivity index (χ0) is 75.0. The van der Waals surface area contributed by atoms with Crippen LogP contribution in [0.5, 0.6) is 0 Å². The molecule has 2 aromatic heterocycles. The number of nitrogen functional groups attached to an aromatic ring is 1. The molecule has 566 valence electrons. The van der Waals surface area contributed by atoms with Crippen molar-refractivity contribution in [3.05, 3.63) is 125 Å². The van der Waals surface area contributed by atoms with Crippen molar-refractivity contribution < 1.29 is 62.2 Å². The Balaban J connectivity index is 0.627. The molecule has 0 spiro atoms. The number of carbonyl (C=O) groups is 10. The molecular formula is C80H103N13O13. The second-order valence-corrected chi connectivity index (χ2v) is 29.8. The number of ether oxygens (including phenoxy) is 3. The molecule has 3 unspecified atom stereocenters. The molecule has 1 saturated carbocycles. The first-order valence-corrected chi connectivity index (χ1v) is 37.9. The van der Waals surface area contributed by atoms with Gasteiger partial charge in [0.15, 0.2) is 5.82 Å². The maximum absolute atomic E-state index is 14.3. The topological polar surface area (TPSA) is 346 Å². The number of nitrogens with two attached hydrogens (primary N) is 1. The first-order chi connectivity index (χ1) is 51.1. The Labute approximate surface area is 618 Å². The number of unbranched alkanes of at least 4 members (excludes halogenated alkanes) is 4. The number of rotatable bonds is 33. The summed E-state index contributed by atoms with van der Waals surface area (Å²) >= 11 is 0. The molecule has 4 fully saturated rings. The van der Waals surface area contributed by atoms with Crippen LogP contribution in [-0.4, -0.2) is 172 Å². The van der Waals surface area contributed by atoms with Crippen molar-refractivity contribution in [2.75, 3.05) is 52.2 Å². The number of nitrogens with zero attached hydrogens (tertiary/aromatic N) is 5. The number of fused-ring (bicyclic) bond motifs is 6. The van der Waals surface area contributed by atoms with Gasteiger partial charge in [-0.2, -0.15) is 0 Å². The average molecular weight is 1450 g/mol. The maximum atomic E-state index is 14.3. The number of para-hydroxylation sites is 1. The van der Waals surface area contributed by atoms with Crippen LogP contribution in [-0.2, 0) is 76.9 Å². The number of carbonyl (C=O) groups excluding carboxylic acids is 10. The van der Waals surface area contributed by atoms with Gasteiger partial charge in [-0.3, -0.25) is 48.1 Å². The Hall–Kier alpha value is -9.98. The van der Waals surface area contributed by atoms with Crippen molar-refractivity contribution in [2.45, 2.75) is 211 Å². The molecule has 6 aromatic rings. The second-order valence-electron chi connectivity index (χ2n) is 29.8. The lowest BCUT2D eigenvalue weighted by Gasteiger charge is -2.29. The quantitative estimate of drug-likeness (QED) is 0.0145. The van der Waals surface area contributed by atoms with Gasteiger partial charge in [0, 0.05) is 89.0 Å². The van der Waals surface area contributed by atoms with E-state index in [4.69, 9.17) is 24.9 Å². The van der Waals surface area contributed by atoms with Crippen LogP contribution in [0, 0.1) is 11.8 Å². The van der Waals surface area contributed by atoms with Crippen molar-refractivity contribution in [1.82, 2.24) is 61.6 Å². The molecule has 3 saturated heterocycles. The molecule has 3 aliphatic heterocycles. The predicted molar refractivity (Wildman–Crippen MR) is 399 cm³/mol. The van der Waals surface area contributed by atoms with Crippen molar-refractivity contribution in [2.24, 2.45) is 11.8 Å². The van der Waals surface area contributed by atoms with Gasteiger partial charge in [0.25, 0.3) is 0 Å². The Bertz CT molecular complexity index is 4130. The van der Waals surface area contributed by atoms with Crippen LogP contribution < -0.4 is 43.0 Å². The molecule has 26 heteroatoms. The summed E-state index contributed by atoms with van der Waals surface area (Å²) in [6.07, 6.45) is 7.88. The van der Waals surface area contributed by atoms with E-state index in [1.165, 1.54) is 12.0 Å². The van der Waals surface area contributed by atoms with E-state index in [2.05, 4.69) is 65.8 Å². The van der Waals surface area contributed by atoms with Crippen LogP contribution in [0.4, 0.5) is 10.6 Å². The third-order valence-electron chi connectivity index (χ3n) is 20.9. The fourth-order valence-electron chi connectivity index (χ4n) is 15.5. The van der Waals surface area contributed by atoms with E-state index in [0.717, 1.165) is 81.3 Å². The zero-order valence-corrected chi connectivity index (χ0v) is 61.6. The summed E-state index contributed by atoms with van der Waals surface area (Å²) in [4.78, 5) is 148. The summed E-state index contributed by atoms with van der Waals surface area (Å²) in [5.74, 6) is -3.34. The Morgan fingerprint density at radius 2 is 1.25 bits per heavy atom. The number of imidazole rings is 1. The van der Waals surface area contributed by atoms with E-state index in [0.29, 0.717) is 95.4 Å². The summed E-state index contributed by atoms with van der Waals surface area (Å²) in [6, 6.07) is 28.0. The number of anilines is 1. The van der Waals surface area contributed by atoms with Crippen LogP contribution in [0.3, 0.4) is 0 Å². The standard InChI is InChI=1S/C80H103N13O13/c1-6-7-30-66-90-70-71(57-25-12-13-26-61(57)87-72(70)81)93(66)46-50-35-33-49(34-36-50)45-84-77(101)65-44-52(47-92(65)79(103)106-80(2,3)4)86-68(95)32-15-14-31-67(94)85-51-42-58(59(43-51)78(102)105-48-60-55-23-10-8-21-53(55)54-22-9-11-24-56(54)60)73(97)82-38-18-16-27-62-74(98)89-63(75(99)88-62)28-17-19-39-83-76(100)64-29-20-40-91(64)69(96)37-41-104-5/h8-13,21-26,33-36,51-52,58-60,62-65H,6-7,14-20,27-32,37-48H2,1-5H3,(H2,81,87)(H,82,97)(H,83,100)(H,84,101)(H,85,94)(H,86,95)(H,88,99)(H,89,98)/t51-,52+,58-,59?,62?,63?,64+,65-/m0/s1. The Morgan fingerprint density at radius 3 is 1.90 bits per heavy atom. The number of piperazine rings is 1. The number of nitrogens with one attached hydrogen (secondary N) is 7.